The Morgan fingerprint density at radius 3 is 2.84 bits per heavy atom. The molecule has 1 aromatic rings. The Labute approximate surface area is 112 Å². The van der Waals surface area contributed by atoms with E-state index in [-0.39, 0.29) is 30.9 Å². The number of nitrogens with one attached hydrogen (secondary N) is 1. The van der Waals surface area contributed by atoms with Crippen molar-refractivity contribution >= 4 is 5.97 Å². The highest BCUT2D eigenvalue weighted by atomic mass is 16.5. The number of hydrogen-bond acceptors (Lipinski definition) is 6. The van der Waals surface area contributed by atoms with Crippen LogP contribution in [0.1, 0.15) is 10.4 Å². The van der Waals surface area contributed by atoms with Gasteiger partial charge in [0.2, 0.25) is 0 Å². The van der Waals surface area contributed by atoms with Crippen molar-refractivity contribution in [2.45, 2.75) is 18.3 Å². The lowest BCUT2D eigenvalue weighted by molar-refractivity contribution is -0.0231. The molecule has 1 aliphatic heterocycles. The predicted molar refractivity (Wildman–Crippen MR) is 70.4 cm³/mol. The molecule has 6 nitrogen and oxygen atoms in total. The molecule has 0 spiro atoms. The van der Waals surface area contributed by atoms with Gasteiger partial charge in [-0.15, -0.1) is 0 Å². The van der Waals surface area contributed by atoms with E-state index in [0.717, 1.165) is 0 Å². The standard InChI is InChI=1S/C13H19N3O3/c14-10(11-6-16-12(15)8-18-11)7-19-13(17)9-4-2-1-3-5-9/h1-5,10-12,16H,6-8,14-15H2. The molecule has 1 saturated heterocycles. The van der Waals surface area contributed by atoms with Crippen molar-refractivity contribution < 1.29 is 14.3 Å². The third kappa shape index (κ3) is 4.00. The number of benzene rings is 1. The molecule has 1 aromatic carbocycles. The second-order valence-electron chi connectivity index (χ2n) is 4.51. The Hall–Kier alpha value is -1.47. The molecule has 0 radical (unpaired) electrons. The molecular weight excluding hydrogens is 246 g/mol. The molecule has 0 bridgehead atoms. The Kier molecular flexibility index (Phi) is 4.86. The van der Waals surface area contributed by atoms with Gasteiger partial charge in [-0.1, -0.05) is 18.2 Å². The van der Waals surface area contributed by atoms with E-state index >= 15 is 0 Å². The van der Waals surface area contributed by atoms with Crippen LogP contribution in [0, 0.1) is 0 Å². The van der Waals surface area contributed by atoms with Crippen molar-refractivity contribution in [1.82, 2.24) is 5.32 Å². The number of hydrogen-bond donors (Lipinski definition) is 3. The first-order valence-electron chi connectivity index (χ1n) is 6.25. The third-order valence-electron chi connectivity index (χ3n) is 2.96. The van der Waals surface area contributed by atoms with Crippen LogP contribution >= 0.6 is 0 Å². The average Bonchev–Trinajstić information content (AvgIpc) is 2.46. The van der Waals surface area contributed by atoms with Crippen LogP contribution in [-0.4, -0.2) is 44.0 Å². The van der Waals surface area contributed by atoms with Gasteiger partial charge in [0.15, 0.2) is 0 Å². The summed E-state index contributed by atoms with van der Waals surface area (Å²) in [6, 6.07) is 8.44. The van der Waals surface area contributed by atoms with E-state index in [0.29, 0.717) is 18.7 Å². The zero-order chi connectivity index (χ0) is 13.7. The molecule has 6 heteroatoms. The lowest BCUT2D eigenvalue weighted by Crippen LogP contribution is -2.57. The molecule has 19 heavy (non-hydrogen) atoms. The Morgan fingerprint density at radius 2 is 2.21 bits per heavy atom. The monoisotopic (exact) mass is 265 g/mol. The largest absolute Gasteiger partial charge is 0.460 e. The smallest absolute Gasteiger partial charge is 0.338 e. The van der Waals surface area contributed by atoms with E-state index in [1.54, 1.807) is 24.3 Å². The van der Waals surface area contributed by atoms with Crippen LogP contribution in [-0.2, 0) is 9.47 Å². The Morgan fingerprint density at radius 1 is 1.47 bits per heavy atom. The second-order valence-corrected chi connectivity index (χ2v) is 4.51. The van der Waals surface area contributed by atoms with E-state index in [2.05, 4.69) is 5.32 Å². The van der Waals surface area contributed by atoms with Crippen molar-refractivity contribution in [2.75, 3.05) is 19.8 Å². The molecule has 3 unspecified atom stereocenters. The summed E-state index contributed by atoms with van der Waals surface area (Å²) in [5.41, 5.74) is 12.1. The summed E-state index contributed by atoms with van der Waals surface area (Å²) < 4.78 is 10.7. The minimum Gasteiger partial charge on any atom is -0.460 e. The van der Waals surface area contributed by atoms with Crippen molar-refractivity contribution in [2.24, 2.45) is 11.5 Å². The first kappa shape index (κ1) is 14.0. The number of carbonyl (C=O) groups is 1. The van der Waals surface area contributed by atoms with E-state index in [4.69, 9.17) is 20.9 Å². The number of nitrogens with two attached hydrogens (primary N) is 2. The molecule has 0 aliphatic carbocycles. The van der Waals surface area contributed by atoms with E-state index < -0.39 is 0 Å². The van der Waals surface area contributed by atoms with Crippen molar-refractivity contribution in [3.63, 3.8) is 0 Å². The first-order chi connectivity index (χ1) is 9.16. The van der Waals surface area contributed by atoms with Gasteiger partial charge in [0.25, 0.3) is 0 Å². The first-order valence-corrected chi connectivity index (χ1v) is 6.25. The van der Waals surface area contributed by atoms with Crippen LogP contribution in [0.15, 0.2) is 30.3 Å². The quantitative estimate of drug-likeness (QED) is 0.631. The molecule has 1 heterocycles. The highest BCUT2D eigenvalue weighted by Gasteiger charge is 2.25. The molecule has 0 aromatic heterocycles. The van der Waals surface area contributed by atoms with Gasteiger partial charge in [0, 0.05) is 6.54 Å². The summed E-state index contributed by atoms with van der Waals surface area (Å²) in [5.74, 6) is -0.378. The summed E-state index contributed by atoms with van der Waals surface area (Å²) in [5, 5.41) is 3.06. The Balaban J connectivity index is 1.77. The molecule has 2 rings (SSSR count). The topological polar surface area (TPSA) is 99.6 Å². The van der Waals surface area contributed by atoms with Crippen LogP contribution < -0.4 is 16.8 Å². The molecule has 0 amide bonds. The third-order valence-corrected chi connectivity index (χ3v) is 2.96. The molecule has 0 saturated carbocycles. The lowest BCUT2D eigenvalue weighted by Gasteiger charge is -2.31. The van der Waals surface area contributed by atoms with Gasteiger partial charge < -0.3 is 20.9 Å². The average molecular weight is 265 g/mol. The molecule has 104 valence electrons. The van der Waals surface area contributed by atoms with Crippen LogP contribution in [0.5, 0.6) is 0 Å². The SMILES string of the molecule is NC1COC(C(N)COC(=O)c2ccccc2)CN1. The highest BCUT2D eigenvalue weighted by Crippen LogP contribution is 2.05. The lowest BCUT2D eigenvalue weighted by atomic mass is 10.1. The summed E-state index contributed by atoms with van der Waals surface area (Å²) in [6.07, 6.45) is -0.348. The summed E-state index contributed by atoms with van der Waals surface area (Å²) in [4.78, 5) is 11.7. The number of morpholine rings is 1. The normalized spacial score (nSPS) is 24.7. The number of rotatable bonds is 4. The zero-order valence-corrected chi connectivity index (χ0v) is 10.6. The van der Waals surface area contributed by atoms with Crippen molar-refractivity contribution in [3.05, 3.63) is 35.9 Å². The summed E-state index contributed by atoms with van der Waals surface area (Å²) in [7, 11) is 0. The van der Waals surface area contributed by atoms with Gasteiger partial charge in [-0.25, -0.2) is 4.79 Å². The molecule has 1 fully saturated rings. The maximum atomic E-state index is 11.7. The highest BCUT2D eigenvalue weighted by molar-refractivity contribution is 5.89. The number of esters is 1. The molecular formula is C13H19N3O3. The van der Waals surface area contributed by atoms with Crippen molar-refractivity contribution in [3.8, 4) is 0 Å². The summed E-state index contributed by atoms with van der Waals surface area (Å²) in [6.45, 7) is 1.09. The van der Waals surface area contributed by atoms with Gasteiger partial charge in [0.1, 0.15) is 6.61 Å². The van der Waals surface area contributed by atoms with Gasteiger partial charge in [-0.05, 0) is 12.1 Å². The molecule has 3 atom stereocenters. The second kappa shape index (κ2) is 6.63. The molecule has 5 N–H and O–H groups in total. The fourth-order valence-corrected chi connectivity index (χ4v) is 1.82. The van der Waals surface area contributed by atoms with Gasteiger partial charge >= 0.3 is 5.97 Å². The van der Waals surface area contributed by atoms with Crippen LogP contribution in [0.2, 0.25) is 0 Å². The fourth-order valence-electron chi connectivity index (χ4n) is 1.82. The van der Waals surface area contributed by atoms with E-state index in [1.165, 1.54) is 0 Å². The maximum Gasteiger partial charge on any atom is 0.338 e. The summed E-state index contributed by atoms with van der Waals surface area (Å²) >= 11 is 0. The van der Waals surface area contributed by atoms with Crippen LogP contribution in [0.3, 0.4) is 0 Å². The van der Waals surface area contributed by atoms with E-state index in [1.807, 2.05) is 6.07 Å². The van der Waals surface area contributed by atoms with E-state index in [9.17, 15) is 4.79 Å². The number of carbonyl (C=O) groups excluding carboxylic acids is 1. The minimum absolute atomic E-state index is 0.120. The maximum absolute atomic E-state index is 11.7. The number of ether oxygens (including phenoxy) is 2. The van der Waals surface area contributed by atoms with Gasteiger partial charge in [-0.2, -0.15) is 0 Å². The van der Waals surface area contributed by atoms with Crippen LogP contribution in [0.4, 0.5) is 0 Å². The predicted octanol–water partition coefficient (Wildman–Crippen LogP) is -0.556. The Bertz CT molecular complexity index is 405. The van der Waals surface area contributed by atoms with Gasteiger partial charge in [-0.3, -0.25) is 5.32 Å². The van der Waals surface area contributed by atoms with Crippen LogP contribution in [0.25, 0.3) is 0 Å². The minimum atomic E-state index is -0.378. The molecule has 1 aliphatic rings. The zero-order valence-electron chi connectivity index (χ0n) is 10.6. The van der Waals surface area contributed by atoms with Crippen molar-refractivity contribution in [1.29, 1.82) is 0 Å². The van der Waals surface area contributed by atoms with Gasteiger partial charge in [0.05, 0.1) is 30.5 Å². The fraction of sp³-hybridized carbons (Fsp3) is 0.462.